The summed E-state index contributed by atoms with van der Waals surface area (Å²) in [4.78, 5) is 2.54. The summed E-state index contributed by atoms with van der Waals surface area (Å²) >= 11 is 2.08. The van der Waals surface area contributed by atoms with Crippen LogP contribution in [0.2, 0.25) is 0 Å². The molecule has 2 rings (SSSR count). The van der Waals surface area contributed by atoms with Crippen molar-refractivity contribution >= 4 is 11.8 Å². The molecule has 3 nitrogen and oxygen atoms in total. The first-order valence-corrected chi connectivity index (χ1v) is 8.46. The van der Waals surface area contributed by atoms with Gasteiger partial charge >= 0.3 is 0 Å². The number of nitrogens with two attached hydrogens (primary N) is 1. The maximum absolute atomic E-state index is 6.16. The fourth-order valence-corrected chi connectivity index (χ4v) is 4.48. The van der Waals surface area contributed by atoms with Gasteiger partial charge in [0.2, 0.25) is 0 Å². The standard InChI is InChI=1S/C14H28N2OS/c1-12(3-7-15)16(2)13-4-8-17-14(11-13)5-9-18-10-6-14/h12-13H,3-11,15H2,1-2H3. The van der Waals surface area contributed by atoms with E-state index in [0.717, 1.165) is 19.6 Å². The molecule has 2 unspecified atom stereocenters. The van der Waals surface area contributed by atoms with E-state index in [1.165, 1.54) is 37.2 Å². The van der Waals surface area contributed by atoms with Crippen LogP contribution in [0.3, 0.4) is 0 Å². The average molecular weight is 272 g/mol. The van der Waals surface area contributed by atoms with Gasteiger partial charge in [-0.3, -0.25) is 0 Å². The van der Waals surface area contributed by atoms with E-state index >= 15 is 0 Å². The molecule has 106 valence electrons. The molecular weight excluding hydrogens is 244 g/mol. The molecule has 2 aliphatic heterocycles. The van der Waals surface area contributed by atoms with Crippen molar-refractivity contribution in [3.63, 3.8) is 0 Å². The second kappa shape index (κ2) is 6.60. The third kappa shape index (κ3) is 3.41. The summed E-state index contributed by atoms with van der Waals surface area (Å²) in [6, 6.07) is 1.27. The Morgan fingerprint density at radius 3 is 2.83 bits per heavy atom. The molecule has 2 saturated heterocycles. The zero-order valence-corrected chi connectivity index (χ0v) is 12.7. The molecule has 4 heteroatoms. The topological polar surface area (TPSA) is 38.5 Å². The van der Waals surface area contributed by atoms with Crippen molar-refractivity contribution in [3.8, 4) is 0 Å². The highest BCUT2D eigenvalue weighted by atomic mass is 32.2. The Balaban J connectivity index is 1.93. The summed E-state index contributed by atoms with van der Waals surface area (Å²) in [7, 11) is 2.27. The van der Waals surface area contributed by atoms with Crippen LogP contribution in [0.1, 0.15) is 39.0 Å². The second-order valence-corrected chi connectivity index (χ2v) is 7.11. The van der Waals surface area contributed by atoms with E-state index in [2.05, 4.69) is 30.6 Å². The van der Waals surface area contributed by atoms with E-state index in [-0.39, 0.29) is 5.60 Å². The summed E-state index contributed by atoms with van der Waals surface area (Å²) in [5.74, 6) is 2.55. The molecule has 2 fully saturated rings. The van der Waals surface area contributed by atoms with Gasteiger partial charge in [0.25, 0.3) is 0 Å². The first-order chi connectivity index (χ1) is 8.67. The molecule has 0 radical (unpaired) electrons. The molecule has 0 aromatic rings. The number of rotatable bonds is 4. The maximum Gasteiger partial charge on any atom is 0.0713 e. The average Bonchev–Trinajstić information content (AvgIpc) is 2.39. The SMILES string of the molecule is CC(CCN)N(C)C1CCOC2(CCSCC2)C1. The Labute approximate surface area is 116 Å². The number of hydrogen-bond acceptors (Lipinski definition) is 4. The first-order valence-electron chi connectivity index (χ1n) is 7.30. The van der Waals surface area contributed by atoms with E-state index in [4.69, 9.17) is 10.5 Å². The van der Waals surface area contributed by atoms with Crippen molar-refractivity contribution in [3.05, 3.63) is 0 Å². The van der Waals surface area contributed by atoms with Gasteiger partial charge in [-0.2, -0.15) is 11.8 Å². The van der Waals surface area contributed by atoms with E-state index in [9.17, 15) is 0 Å². The van der Waals surface area contributed by atoms with Crippen molar-refractivity contribution in [2.75, 3.05) is 31.7 Å². The molecule has 2 heterocycles. The van der Waals surface area contributed by atoms with Crippen molar-refractivity contribution in [2.24, 2.45) is 5.73 Å². The van der Waals surface area contributed by atoms with Crippen molar-refractivity contribution in [1.29, 1.82) is 0 Å². The predicted molar refractivity (Wildman–Crippen MR) is 79.2 cm³/mol. The molecule has 1 spiro atoms. The molecule has 18 heavy (non-hydrogen) atoms. The Morgan fingerprint density at radius 1 is 1.44 bits per heavy atom. The van der Waals surface area contributed by atoms with Gasteiger partial charge in [0.1, 0.15) is 0 Å². The van der Waals surface area contributed by atoms with Gasteiger partial charge in [-0.15, -0.1) is 0 Å². The molecule has 2 aliphatic rings. The van der Waals surface area contributed by atoms with E-state index in [1.807, 2.05) is 0 Å². The third-order valence-corrected chi connectivity index (χ3v) is 5.71. The molecule has 2 atom stereocenters. The lowest BCUT2D eigenvalue weighted by molar-refractivity contribution is -0.111. The fraction of sp³-hybridized carbons (Fsp3) is 1.00. The summed E-state index contributed by atoms with van der Waals surface area (Å²) in [6.45, 7) is 4.03. The van der Waals surface area contributed by atoms with Crippen LogP contribution in [-0.4, -0.2) is 54.3 Å². The number of ether oxygens (including phenoxy) is 1. The molecular formula is C14H28N2OS. The van der Waals surface area contributed by atoms with Gasteiger partial charge < -0.3 is 15.4 Å². The molecule has 0 amide bonds. The smallest absolute Gasteiger partial charge is 0.0713 e. The molecule has 0 bridgehead atoms. The van der Waals surface area contributed by atoms with E-state index in [1.54, 1.807) is 0 Å². The zero-order chi connectivity index (χ0) is 13.0. The van der Waals surface area contributed by atoms with E-state index in [0.29, 0.717) is 12.1 Å². The van der Waals surface area contributed by atoms with Crippen LogP contribution in [0.25, 0.3) is 0 Å². The highest BCUT2D eigenvalue weighted by Crippen LogP contribution is 2.39. The molecule has 0 aromatic heterocycles. The zero-order valence-electron chi connectivity index (χ0n) is 11.9. The second-order valence-electron chi connectivity index (χ2n) is 5.88. The fourth-order valence-electron chi connectivity index (χ4n) is 3.25. The Bertz CT molecular complexity index is 251. The lowest BCUT2D eigenvalue weighted by atomic mass is 9.84. The largest absolute Gasteiger partial charge is 0.375 e. The van der Waals surface area contributed by atoms with Crippen LogP contribution in [-0.2, 0) is 4.74 Å². The Morgan fingerprint density at radius 2 is 2.17 bits per heavy atom. The Kier molecular flexibility index (Phi) is 5.36. The summed E-state index contributed by atoms with van der Waals surface area (Å²) in [5.41, 5.74) is 5.88. The quantitative estimate of drug-likeness (QED) is 0.850. The van der Waals surface area contributed by atoms with Gasteiger partial charge in [0.15, 0.2) is 0 Å². The van der Waals surface area contributed by atoms with Crippen molar-refractivity contribution in [2.45, 2.75) is 56.7 Å². The minimum atomic E-state index is 0.199. The number of hydrogen-bond donors (Lipinski definition) is 1. The maximum atomic E-state index is 6.16. The van der Waals surface area contributed by atoms with Crippen molar-refractivity contribution in [1.82, 2.24) is 4.90 Å². The van der Waals surface area contributed by atoms with Crippen LogP contribution in [0.4, 0.5) is 0 Å². The van der Waals surface area contributed by atoms with Gasteiger partial charge in [0.05, 0.1) is 5.60 Å². The Hall–Kier alpha value is 0.230. The number of nitrogens with zero attached hydrogens (tertiary/aromatic N) is 1. The highest BCUT2D eigenvalue weighted by Gasteiger charge is 2.40. The molecule has 2 N–H and O–H groups in total. The van der Waals surface area contributed by atoms with Crippen molar-refractivity contribution < 1.29 is 4.74 Å². The lowest BCUT2D eigenvalue weighted by Crippen LogP contribution is -2.51. The monoisotopic (exact) mass is 272 g/mol. The van der Waals surface area contributed by atoms with Crippen LogP contribution < -0.4 is 5.73 Å². The number of thioether (sulfide) groups is 1. The molecule has 0 aromatic carbocycles. The summed E-state index contributed by atoms with van der Waals surface area (Å²) in [6.07, 6.45) is 5.98. The summed E-state index contributed by atoms with van der Waals surface area (Å²) in [5, 5.41) is 0. The normalized spacial score (nSPS) is 29.7. The predicted octanol–water partition coefficient (Wildman–Crippen LogP) is 2.10. The van der Waals surface area contributed by atoms with Gasteiger partial charge in [-0.05, 0) is 64.1 Å². The minimum absolute atomic E-state index is 0.199. The lowest BCUT2D eigenvalue weighted by Gasteiger charge is -2.47. The molecule has 0 saturated carbocycles. The van der Waals surface area contributed by atoms with Crippen LogP contribution in [0, 0.1) is 0 Å². The van der Waals surface area contributed by atoms with Crippen LogP contribution >= 0.6 is 11.8 Å². The van der Waals surface area contributed by atoms with Gasteiger partial charge in [0, 0.05) is 18.7 Å². The molecule has 0 aliphatic carbocycles. The third-order valence-electron chi connectivity index (χ3n) is 4.73. The van der Waals surface area contributed by atoms with Gasteiger partial charge in [-0.1, -0.05) is 0 Å². The van der Waals surface area contributed by atoms with Crippen LogP contribution in [0.5, 0.6) is 0 Å². The minimum Gasteiger partial charge on any atom is -0.375 e. The highest BCUT2D eigenvalue weighted by molar-refractivity contribution is 7.99. The van der Waals surface area contributed by atoms with Crippen LogP contribution in [0.15, 0.2) is 0 Å². The summed E-state index contributed by atoms with van der Waals surface area (Å²) < 4.78 is 6.16. The first kappa shape index (κ1) is 14.6. The van der Waals surface area contributed by atoms with E-state index < -0.39 is 0 Å². The van der Waals surface area contributed by atoms with Gasteiger partial charge in [-0.25, -0.2) is 0 Å².